The fourth-order valence-corrected chi connectivity index (χ4v) is 5.36. The number of carbonyl (C=O) groups is 1. The number of aliphatic hydroxyl groups excluding tert-OH is 1. The molecule has 4 rings (SSSR count). The van der Waals surface area contributed by atoms with Crippen molar-refractivity contribution in [2.24, 2.45) is 17.3 Å². The van der Waals surface area contributed by atoms with Crippen molar-refractivity contribution in [2.45, 2.75) is 59.0 Å². The lowest BCUT2D eigenvalue weighted by Gasteiger charge is -2.41. The Morgan fingerprint density at radius 2 is 1.93 bits per heavy atom. The molecule has 1 aromatic rings. The Morgan fingerprint density at radius 3 is 2.64 bits per heavy atom. The van der Waals surface area contributed by atoms with Crippen molar-refractivity contribution in [3.63, 3.8) is 0 Å². The number of amides is 1. The third-order valence-corrected chi connectivity index (χ3v) is 6.94. The predicted molar refractivity (Wildman–Crippen MR) is 114 cm³/mol. The van der Waals surface area contributed by atoms with Gasteiger partial charge in [-0.3, -0.25) is 4.79 Å². The molecular formula is C25H31NO2. The molecule has 0 aliphatic heterocycles. The molecule has 3 unspecified atom stereocenters. The first-order valence-corrected chi connectivity index (χ1v) is 10.6. The number of rotatable bonds is 3. The molecule has 0 heterocycles. The van der Waals surface area contributed by atoms with Crippen molar-refractivity contribution in [1.29, 1.82) is 0 Å². The van der Waals surface area contributed by atoms with E-state index in [0.717, 1.165) is 24.9 Å². The van der Waals surface area contributed by atoms with Crippen molar-refractivity contribution in [3.05, 3.63) is 64.8 Å². The SMILES string of the molecule is CC(C)C1=C2C3=CC=C(C(=O)Nc4ccccc4)CC(O)C3CCC2(C)CC1. The van der Waals surface area contributed by atoms with Gasteiger partial charge < -0.3 is 10.4 Å². The Morgan fingerprint density at radius 1 is 1.18 bits per heavy atom. The first-order chi connectivity index (χ1) is 13.4. The molecule has 3 heteroatoms. The van der Waals surface area contributed by atoms with E-state index in [2.05, 4.69) is 32.2 Å². The highest BCUT2D eigenvalue weighted by Gasteiger charge is 2.46. The summed E-state index contributed by atoms with van der Waals surface area (Å²) in [4.78, 5) is 12.8. The normalized spacial score (nSPS) is 29.6. The molecule has 1 saturated carbocycles. The summed E-state index contributed by atoms with van der Waals surface area (Å²) in [6, 6.07) is 9.51. The molecule has 3 aliphatic carbocycles. The van der Waals surface area contributed by atoms with Gasteiger partial charge in [0.05, 0.1) is 6.10 Å². The molecule has 1 aromatic carbocycles. The molecule has 0 spiro atoms. The van der Waals surface area contributed by atoms with Crippen LogP contribution in [0.1, 0.15) is 52.9 Å². The molecule has 0 saturated heterocycles. The van der Waals surface area contributed by atoms with Crippen LogP contribution in [0, 0.1) is 17.3 Å². The van der Waals surface area contributed by atoms with Gasteiger partial charge in [-0.1, -0.05) is 56.7 Å². The summed E-state index contributed by atoms with van der Waals surface area (Å²) in [5.74, 6) is 0.544. The smallest absolute Gasteiger partial charge is 0.251 e. The molecular weight excluding hydrogens is 346 g/mol. The van der Waals surface area contributed by atoms with Gasteiger partial charge in [0.2, 0.25) is 0 Å². The van der Waals surface area contributed by atoms with Gasteiger partial charge in [0.25, 0.3) is 5.91 Å². The molecule has 3 nitrogen and oxygen atoms in total. The fraction of sp³-hybridized carbons (Fsp3) is 0.480. The van der Waals surface area contributed by atoms with E-state index in [1.54, 1.807) is 5.57 Å². The van der Waals surface area contributed by atoms with Crippen LogP contribution in [0.25, 0.3) is 0 Å². The van der Waals surface area contributed by atoms with E-state index < -0.39 is 6.10 Å². The molecule has 2 N–H and O–H groups in total. The lowest BCUT2D eigenvalue weighted by atomic mass is 9.64. The van der Waals surface area contributed by atoms with Gasteiger partial charge in [-0.25, -0.2) is 0 Å². The van der Waals surface area contributed by atoms with Gasteiger partial charge in [-0.15, -0.1) is 0 Å². The molecule has 0 aromatic heterocycles. The van der Waals surface area contributed by atoms with Crippen molar-refractivity contribution in [3.8, 4) is 0 Å². The van der Waals surface area contributed by atoms with Gasteiger partial charge >= 0.3 is 0 Å². The molecule has 3 atom stereocenters. The van der Waals surface area contributed by atoms with Crippen molar-refractivity contribution in [1.82, 2.24) is 0 Å². The number of aliphatic hydroxyl groups is 1. The molecule has 1 amide bonds. The number of allylic oxidation sites excluding steroid dienone is 4. The monoisotopic (exact) mass is 377 g/mol. The minimum Gasteiger partial charge on any atom is -0.392 e. The van der Waals surface area contributed by atoms with Crippen molar-refractivity contribution >= 4 is 11.6 Å². The zero-order valence-corrected chi connectivity index (χ0v) is 17.2. The van der Waals surface area contributed by atoms with Crippen LogP contribution in [0.2, 0.25) is 0 Å². The maximum Gasteiger partial charge on any atom is 0.251 e. The average molecular weight is 378 g/mol. The van der Waals surface area contributed by atoms with E-state index in [4.69, 9.17) is 0 Å². The summed E-state index contributed by atoms with van der Waals surface area (Å²) in [6.45, 7) is 6.94. The topological polar surface area (TPSA) is 49.3 Å². The van der Waals surface area contributed by atoms with Crippen LogP contribution < -0.4 is 5.32 Å². The number of hydrogen-bond acceptors (Lipinski definition) is 2. The Hall–Kier alpha value is -2.13. The van der Waals surface area contributed by atoms with Crippen LogP contribution in [0.5, 0.6) is 0 Å². The fourth-order valence-electron chi connectivity index (χ4n) is 5.36. The van der Waals surface area contributed by atoms with Crippen LogP contribution in [0.4, 0.5) is 5.69 Å². The van der Waals surface area contributed by atoms with Crippen molar-refractivity contribution < 1.29 is 9.90 Å². The second-order valence-electron chi connectivity index (χ2n) is 9.17. The van der Waals surface area contributed by atoms with E-state index in [1.807, 2.05) is 36.4 Å². The molecule has 148 valence electrons. The summed E-state index contributed by atoms with van der Waals surface area (Å²) in [6.07, 6.45) is 8.49. The lowest BCUT2D eigenvalue weighted by Crippen LogP contribution is -2.33. The maximum atomic E-state index is 12.8. The number of benzene rings is 1. The molecule has 3 aliphatic rings. The van der Waals surface area contributed by atoms with Gasteiger partial charge in [0.15, 0.2) is 0 Å². The number of nitrogens with one attached hydrogen (secondary N) is 1. The summed E-state index contributed by atoms with van der Waals surface area (Å²) in [7, 11) is 0. The number of carbonyl (C=O) groups excluding carboxylic acids is 1. The molecule has 0 bridgehead atoms. The quantitative estimate of drug-likeness (QED) is 0.740. The predicted octanol–water partition coefficient (Wildman–Crippen LogP) is 5.41. The summed E-state index contributed by atoms with van der Waals surface area (Å²) < 4.78 is 0. The lowest BCUT2D eigenvalue weighted by molar-refractivity contribution is -0.113. The number of para-hydroxylation sites is 1. The standard InChI is InChI=1S/C25H31NO2/c1-16(2)19-11-13-25(3)14-12-20-21(23(19)25)10-9-17(15-22(20)27)24(28)26-18-7-5-4-6-8-18/h4-10,16,20,22,27H,11-15H2,1-3H3,(H,26,28). The minimum absolute atomic E-state index is 0.118. The Labute approximate surface area is 168 Å². The van der Waals surface area contributed by atoms with E-state index >= 15 is 0 Å². The Bertz CT molecular complexity index is 862. The summed E-state index contributed by atoms with van der Waals surface area (Å²) in [5, 5.41) is 14.0. The highest BCUT2D eigenvalue weighted by molar-refractivity contribution is 6.04. The van der Waals surface area contributed by atoms with E-state index in [0.29, 0.717) is 17.9 Å². The second kappa shape index (κ2) is 7.36. The third kappa shape index (κ3) is 3.37. The highest BCUT2D eigenvalue weighted by Crippen LogP contribution is 2.57. The molecule has 28 heavy (non-hydrogen) atoms. The van der Waals surface area contributed by atoms with E-state index in [9.17, 15) is 9.90 Å². The van der Waals surface area contributed by atoms with Gasteiger partial charge in [-0.2, -0.15) is 0 Å². The van der Waals surface area contributed by atoms with Gasteiger partial charge in [-0.05, 0) is 60.3 Å². The maximum absolute atomic E-state index is 12.8. The summed E-state index contributed by atoms with van der Waals surface area (Å²) >= 11 is 0. The van der Waals surface area contributed by atoms with Crippen LogP contribution in [-0.4, -0.2) is 17.1 Å². The van der Waals surface area contributed by atoms with Gasteiger partial charge in [0.1, 0.15) is 0 Å². The van der Waals surface area contributed by atoms with Crippen LogP contribution >= 0.6 is 0 Å². The largest absolute Gasteiger partial charge is 0.392 e. The average Bonchev–Trinajstić information content (AvgIpc) is 2.94. The molecule has 0 radical (unpaired) electrons. The number of hydrogen-bond donors (Lipinski definition) is 2. The third-order valence-electron chi connectivity index (χ3n) is 6.94. The minimum atomic E-state index is -0.507. The first kappa shape index (κ1) is 19.2. The van der Waals surface area contributed by atoms with Crippen LogP contribution in [-0.2, 0) is 4.79 Å². The Kier molecular flexibility index (Phi) is 5.05. The second-order valence-corrected chi connectivity index (χ2v) is 9.17. The zero-order valence-electron chi connectivity index (χ0n) is 17.2. The van der Waals surface area contributed by atoms with Crippen molar-refractivity contribution in [2.75, 3.05) is 5.32 Å². The van der Waals surface area contributed by atoms with E-state index in [1.165, 1.54) is 17.6 Å². The molecule has 1 fully saturated rings. The number of fused-ring (bicyclic) bond motifs is 3. The summed E-state index contributed by atoms with van der Waals surface area (Å²) in [5.41, 5.74) is 5.99. The van der Waals surface area contributed by atoms with Crippen LogP contribution in [0.3, 0.4) is 0 Å². The number of anilines is 1. The van der Waals surface area contributed by atoms with E-state index in [-0.39, 0.29) is 17.2 Å². The van der Waals surface area contributed by atoms with Gasteiger partial charge in [0, 0.05) is 23.6 Å². The highest BCUT2D eigenvalue weighted by atomic mass is 16.3. The van der Waals surface area contributed by atoms with Crippen LogP contribution in [0.15, 0.2) is 64.8 Å². The zero-order chi connectivity index (χ0) is 19.9. The Balaban J connectivity index is 1.68. The first-order valence-electron chi connectivity index (χ1n) is 10.6.